The smallest absolute Gasteiger partial charge is 0.241 e. The third-order valence-corrected chi connectivity index (χ3v) is 7.71. The zero-order chi connectivity index (χ0) is 24.3. The Hall–Kier alpha value is -2.36. The van der Waals surface area contributed by atoms with Crippen LogP contribution in [0.15, 0.2) is 24.3 Å². The monoisotopic (exact) mass is 474 g/mol. The highest BCUT2D eigenvalue weighted by Gasteiger charge is 2.55. The van der Waals surface area contributed by atoms with E-state index in [1.54, 1.807) is 18.0 Å². The number of likely N-dealkylation sites (tertiary alicyclic amines) is 1. The number of methoxy groups -OCH3 is 1. The molecule has 4 unspecified atom stereocenters. The summed E-state index contributed by atoms with van der Waals surface area (Å²) in [6, 6.07) is 6.45. The summed E-state index contributed by atoms with van der Waals surface area (Å²) in [5.74, 6) is -1.38. The molecule has 8 nitrogen and oxygen atoms in total. The number of fused-ring (bicyclic) bond motifs is 1. The second-order valence-electron chi connectivity index (χ2n) is 9.84. The summed E-state index contributed by atoms with van der Waals surface area (Å²) in [6.07, 6.45) is 5.36. The maximum absolute atomic E-state index is 14.9. The number of halogens is 1. The molecule has 2 aliphatic heterocycles. The third-order valence-electron chi connectivity index (χ3n) is 7.71. The van der Waals surface area contributed by atoms with E-state index in [0.717, 1.165) is 17.7 Å². The summed E-state index contributed by atoms with van der Waals surface area (Å²) in [5.41, 5.74) is 5.29. The SMILES string of the molecule is COCCN1C(=O)CC(CC(=O)N(C)CC2NNC3CCCCCC32)(c2ccccc2F)C1=O. The molecule has 3 fully saturated rings. The maximum Gasteiger partial charge on any atom is 0.241 e. The summed E-state index contributed by atoms with van der Waals surface area (Å²) >= 11 is 0. The van der Waals surface area contributed by atoms with Gasteiger partial charge >= 0.3 is 0 Å². The second kappa shape index (κ2) is 10.5. The van der Waals surface area contributed by atoms with E-state index in [1.165, 1.54) is 44.6 Å². The Morgan fingerprint density at radius 2 is 1.97 bits per heavy atom. The van der Waals surface area contributed by atoms with Crippen molar-refractivity contribution in [1.29, 1.82) is 0 Å². The molecule has 1 aliphatic carbocycles. The van der Waals surface area contributed by atoms with Crippen molar-refractivity contribution in [2.75, 3.05) is 33.9 Å². The van der Waals surface area contributed by atoms with Gasteiger partial charge in [0.05, 0.1) is 18.6 Å². The molecule has 4 rings (SSSR count). The Balaban J connectivity index is 1.54. The van der Waals surface area contributed by atoms with Crippen molar-refractivity contribution >= 4 is 17.7 Å². The minimum Gasteiger partial charge on any atom is -0.383 e. The van der Waals surface area contributed by atoms with Crippen LogP contribution in [0, 0.1) is 11.7 Å². The van der Waals surface area contributed by atoms with Gasteiger partial charge in [-0.3, -0.25) is 30.1 Å². The Morgan fingerprint density at radius 3 is 2.74 bits per heavy atom. The van der Waals surface area contributed by atoms with E-state index in [-0.39, 0.29) is 43.5 Å². The molecule has 1 aromatic carbocycles. The number of carbonyl (C=O) groups excluding carboxylic acids is 3. The average molecular weight is 475 g/mol. The lowest BCUT2D eigenvalue weighted by molar-refractivity contribution is -0.143. The quantitative estimate of drug-likeness (QED) is 0.558. The Kier molecular flexibility index (Phi) is 7.64. The van der Waals surface area contributed by atoms with Crippen LogP contribution in [0.25, 0.3) is 0 Å². The van der Waals surface area contributed by atoms with Crippen molar-refractivity contribution in [2.24, 2.45) is 5.92 Å². The van der Waals surface area contributed by atoms with Crippen molar-refractivity contribution < 1.29 is 23.5 Å². The number of hydrazine groups is 1. The van der Waals surface area contributed by atoms with Gasteiger partial charge in [0, 0.05) is 51.2 Å². The largest absolute Gasteiger partial charge is 0.383 e. The Labute approximate surface area is 200 Å². The summed E-state index contributed by atoms with van der Waals surface area (Å²) in [4.78, 5) is 42.5. The van der Waals surface area contributed by atoms with Crippen LogP contribution >= 0.6 is 0 Å². The number of carbonyl (C=O) groups is 3. The molecule has 0 aromatic heterocycles. The van der Waals surface area contributed by atoms with Gasteiger partial charge in [0.15, 0.2) is 0 Å². The molecule has 186 valence electrons. The van der Waals surface area contributed by atoms with E-state index < -0.39 is 23.0 Å². The average Bonchev–Trinajstić information content (AvgIpc) is 3.18. The predicted molar refractivity (Wildman–Crippen MR) is 124 cm³/mol. The molecular formula is C25H35FN4O4. The number of nitrogens with zero attached hydrogens (tertiary/aromatic N) is 2. The van der Waals surface area contributed by atoms with Gasteiger partial charge in [-0.2, -0.15) is 0 Å². The van der Waals surface area contributed by atoms with Crippen LogP contribution in [0.3, 0.4) is 0 Å². The molecule has 0 bridgehead atoms. The van der Waals surface area contributed by atoms with Crippen LogP contribution in [0.5, 0.6) is 0 Å². The summed E-state index contributed by atoms with van der Waals surface area (Å²) in [6.45, 7) is 0.743. The second-order valence-corrected chi connectivity index (χ2v) is 9.84. The van der Waals surface area contributed by atoms with E-state index in [2.05, 4.69) is 10.9 Å². The minimum atomic E-state index is -1.55. The fourth-order valence-corrected chi connectivity index (χ4v) is 5.79. The number of rotatable bonds is 8. The molecule has 4 atom stereocenters. The maximum atomic E-state index is 14.9. The first-order valence-electron chi connectivity index (χ1n) is 12.2. The van der Waals surface area contributed by atoms with Gasteiger partial charge in [0.2, 0.25) is 17.7 Å². The molecule has 34 heavy (non-hydrogen) atoms. The van der Waals surface area contributed by atoms with E-state index in [0.29, 0.717) is 18.5 Å². The first kappa shape index (κ1) is 24.8. The van der Waals surface area contributed by atoms with Gasteiger partial charge in [-0.25, -0.2) is 4.39 Å². The zero-order valence-corrected chi connectivity index (χ0v) is 20.0. The van der Waals surface area contributed by atoms with Crippen LogP contribution in [0.1, 0.15) is 50.5 Å². The number of nitrogens with one attached hydrogen (secondary N) is 2. The summed E-state index contributed by atoms with van der Waals surface area (Å²) in [7, 11) is 3.20. The number of imide groups is 1. The predicted octanol–water partition coefficient (Wildman–Crippen LogP) is 1.74. The number of amides is 3. The van der Waals surface area contributed by atoms with E-state index >= 15 is 0 Å². The fraction of sp³-hybridized carbons (Fsp3) is 0.640. The normalized spacial score (nSPS) is 29.3. The topological polar surface area (TPSA) is 91.0 Å². The molecular weight excluding hydrogens is 439 g/mol. The number of benzene rings is 1. The van der Waals surface area contributed by atoms with Crippen LogP contribution in [0.4, 0.5) is 4.39 Å². The third kappa shape index (κ3) is 4.74. The minimum absolute atomic E-state index is 0.0785. The van der Waals surface area contributed by atoms with Crippen molar-refractivity contribution in [3.8, 4) is 0 Å². The summed E-state index contributed by atoms with van der Waals surface area (Å²) in [5, 5.41) is 0. The Morgan fingerprint density at radius 1 is 1.21 bits per heavy atom. The van der Waals surface area contributed by atoms with E-state index in [9.17, 15) is 18.8 Å². The van der Waals surface area contributed by atoms with Gasteiger partial charge in [-0.1, -0.05) is 37.5 Å². The van der Waals surface area contributed by atoms with E-state index in [1.807, 2.05) is 0 Å². The lowest BCUT2D eigenvalue weighted by Gasteiger charge is -2.31. The molecule has 1 saturated carbocycles. The highest BCUT2D eigenvalue weighted by molar-refractivity contribution is 6.10. The van der Waals surface area contributed by atoms with Crippen molar-refractivity contribution in [1.82, 2.24) is 20.7 Å². The van der Waals surface area contributed by atoms with Crippen LogP contribution in [-0.4, -0.2) is 73.5 Å². The molecule has 1 aromatic rings. The number of likely N-dealkylation sites (N-methyl/N-ethyl adjacent to an activating group) is 1. The zero-order valence-electron chi connectivity index (χ0n) is 20.0. The highest BCUT2D eigenvalue weighted by Crippen LogP contribution is 2.41. The van der Waals surface area contributed by atoms with Crippen LogP contribution in [-0.2, 0) is 24.5 Å². The molecule has 2 heterocycles. The number of ether oxygens (including phenoxy) is 1. The summed E-state index contributed by atoms with van der Waals surface area (Å²) < 4.78 is 20.0. The first-order chi connectivity index (χ1) is 16.4. The van der Waals surface area contributed by atoms with Crippen LogP contribution in [0.2, 0.25) is 0 Å². The Bertz CT molecular complexity index is 928. The lowest BCUT2D eigenvalue weighted by atomic mass is 9.75. The highest BCUT2D eigenvalue weighted by atomic mass is 19.1. The molecule has 3 aliphatic rings. The fourth-order valence-electron chi connectivity index (χ4n) is 5.79. The van der Waals surface area contributed by atoms with Crippen LogP contribution < -0.4 is 10.9 Å². The van der Waals surface area contributed by atoms with Crippen molar-refractivity contribution in [3.63, 3.8) is 0 Å². The van der Waals surface area contributed by atoms with Gasteiger partial charge in [0.1, 0.15) is 5.82 Å². The molecule has 0 spiro atoms. The van der Waals surface area contributed by atoms with Gasteiger partial charge in [-0.15, -0.1) is 0 Å². The molecule has 2 N–H and O–H groups in total. The van der Waals surface area contributed by atoms with Gasteiger partial charge in [0.25, 0.3) is 0 Å². The molecule has 2 saturated heterocycles. The number of hydrogen-bond acceptors (Lipinski definition) is 6. The van der Waals surface area contributed by atoms with Gasteiger partial charge < -0.3 is 9.64 Å². The lowest BCUT2D eigenvalue weighted by Crippen LogP contribution is -2.47. The van der Waals surface area contributed by atoms with Gasteiger partial charge in [-0.05, 0) is 24.8 Å². The molecule has 3 amide bonds. The van der Waals surface area contributed by atoms with Crippen molar-refractivity contribution in [2.45, 2.75) is 62.4 Å². The van der Waals surface area contributed by atoms with E-state index in [4.69, 9.17) is 4.74 Å². The molecule has 0 radical (unpaired) electrons. The first-order valence-corrected chi connectivity index (χ1v) is 12.2. The molecule has 9 heteroatoms. The standard InChI is InChI=1S/C25H35FN4O4/c1-29(16-21-17-8-4-3-5-11-20(17)27-28-21)22(31)14-25(18-9-6-7-10-19(18)26)15-23(32)30(24(25)33)12-13-34-2/h6-7,9-10,17,20-21,27-28H,3-5,8,11-16H2,1-2H3. The number of hydrogen-bond donors (Lipinski definition) is 2. The van der Waals surface area contributed by atoms with Crippen molar-refractivity contribution in [3.05, 3.63) is 35.6 Å².